The Morgan fingerprint density at radius 1 is 1.29 bits per heavy atom. The summed E-state index contributed by atoms with van der Waals surface area (Å²) in [6.07, 6.45) is 6.73. The molecule has 2 aromatic rings. The van der Waals surface area contributed by atoms with E-state index in [9.17, 15) is 4.79 Å². The number of benzene rings is 1. The monoisotopic (exact) mass is 320 g/mol. The maximum atomic E-state index is 11.2. The van der Waals surface area contributed by atoms with E-state index in [0.717, 1.165) is 12.0 Å². The Balaban J connectivity index is 2.66. The second-order valence-electron chi connectivity index (χ2n) is 4.41. The summed E-state index contributed by atoms with van der Waals surface area (Å²) < 4.78 is 0. The molecule has 0 spiro atoms. The van der Waals surface area contributed by atoms with Gasteiger partial charge in [-0.3, -0.25) is 4.79 Å². The van der Waals surface area contributed by atoms with E-state index in [2.05, 4.69) is 9.97 Å². The predicted molar refractivity (Wildman–Crippen MR) is 87.8 cm³/mol. The third-order valence-corrected chi connectivity index (χ3v) is 3.37. The van der Waals surface area contributed by atoms with Gasteiger partial charge >= 0.3 is 0 Å². The van der Waals surface area contributed by atoms with Gasteiger partial charge in [-0.05, 0) is 48.7 Å². The van der Waals surface area contributed by atoms with Crippen LogP contribution in [0.3, 0.4) is 0 Å². The molecular formula is C16H14Cl2N2O. The van der Waals surface area contributed by atoms with Gasteiger partial charge in [0.1, 0.15) is 5.69 Å². The van der Waals surface area contributed by atoms with E-state index in [-0.39, 0.29) is 0 Å². The molecule has 21 heavy (non-hydrogen) atoms. The molecule has 0 fully saturated rings. The molecule has 2 rings (SSSR count). The van der Waals surface area contributed by atoms with Crippen molar-refractivity contribution in [2.24, 2.45) is 0 Å². The molecule has 5 heteroatoms. The lowest BCUT2D eigenvalue weighted by Gasteiger charge is -2.07. The lowest BCUT2D eigenvalue weighted by atomic mass is 10.1. The van der Waals surface area contributed by atoms with Crippen molar-refractivity contribution < 1.29 is 4.79 Å². The number of hydrogen-bond donors (Lipinski definition) is 0. The lowest BCUT2D eigenvalue weighted by Crippen LogP contribution is -1.96. The highest BCUT2D eigenvalue weighted by Gasteiger charge is 2.11. The SMILES string of the molecule is C/C=C\C(=C/CC)c1nc2cc(C(=O)Cl)ccc2nc1Cl. The second-order valence-corrected chi connectivity index (χ2v) is 5.11. The molecule has 1 heterocycles. The lowest BCUT2D eigenvalue weighted by molar-refractivity contribution is 0.108. The van der Waals surface area contributed by atoms with Crippen LogP contribution in [0.4, 0.5) is 0 Å². The molecule has 0 aliphatic rings. The molecule has 1 aromatic carbocycles. The summed E-state index contributed by atoms with van der Waals surface area (Å²) in [6, 6.07) is 4.92. The molecule has 108 valence electrons. The minimum absolute atomic E-state index is 0.338. The Hall–Kier alpha value is -1.71. The number of rotatable bonds is 4. The average molecular weight is 321 g/mol. The van der Waals surface area contributed by atoms with Gasteiger partial charge in [-0.1, -0.05) is 36.8 Å². The standard InChI is InChI=1S/C16H14Cl2N2O/c1-3-5-10(6-4-2)14-15(17)20-12-8-7-11(16(18)21)9-13(12)19-14/h3,5-9H,4H2,1-2H3/b5-3-,10-6+. The predicted octanol–water partition coefficient (Wildman–Crippen LogP) is 5.03. The summed E-state index contributed by atoms with van der Waals surface area (Å²) in [5, 5.41) is -0.182. The van der Waals surface area contributed by atoms with Crippen LogP contribution in [-0.4, -0.2) is 15.2 Å². The summed E-state index contributed by atoms with van der Waals surface area (Å²) in [5.41, 5.74) is 3.11. The normalized spacial score (nSPS) is 12.3. The van der Waals surface area contributed by atoms with E-state index >= 15 is 0 Å². The van der Waals surface area contributed by atoms with E-state index in [1.54, 1.807) is 18.2 Å². The van der Waals surface area contributed by atoms with Crippen molar-refractivity contribution in [3.8, 4) is 0 Å². The first-order valence-electron chi connectivity index (χ1n) is 6.57. The van der Waals surface area contributed by atoms with Crippen LogP contribution in [0.15, 0.2) is 36.4 Å². The molecule has 1 aromatic heterocycles. The van der Waals surface area contributed by atoms with E-state index in [0.29, 0.717) is 27.4 Å². The first kappa shape index (κ1) is 15.7. The Morgan fingerprint density at radius 3 is 2.67 bits per heavy atom. The molecular weight excluding hydrogens is 307 g/mol. The maximum absolute atomic E-state index is 11.2. The quantitative estimate of drug-likeness (QED) is 0.586. The highest BCUT2D eigenvalue weighted by atomic mass is 35.5. The summed E-state index contributed by atoms with van der Waals surface area (Å²) in [7, 11) is 0. The number of aromatic nitrogens is 2. The third-order valence-electron chi connectivity index (χ3n) is 2.89. The van der Waals surface area contributed by atoms with Crippen LogP contribution >= 0.6 is 23.2 Å². The number of halogens is 2. The van der Waals surface area contributed by atoms with Crippen molar-refractivity contribution in [3.05, 3.63) is 52.8 Å². The summed E-state index contributed by atoms with van der Waals surface area (Å²) in [5.74, 6) is 0. The Kier molecular flexibility index (Phi) is 5.10. The van der Waals surface area contributed by atoms with Crippen LogP contribution in [0.5, 0.6) is 0 Å². The topological polar surface area (TPSA) is 42.9 Å². The fraction of sp³-hybridized carbons (Fsp3) is 0.188. The average Bonchev–Trinajstić information content (AvgIpc) is 2.45. The number of fused-ring (bicyclic) bond motifs is 1. The van der Waals surface area contributed by atoms with Gasteiger partial charge in [-0.15, -0.1) is 0 Å². The molecule has 0 saturated carbocycles. The summed E-state index contributed by atoms with van der Waals surface area (Å²) in [4.78, 5) is 20.1. The van der Waals surface area contributed by atoms with Gasteiger partial charge in [-0.25, -0.2) is 9.97 Å². The van der Waals surface area contributed by atoms with Crippen LogP contribution in [0.1, 0.15) is 36.3 Å². The molecule has 0 saturated heterocycles. The summed E-state index contributed by atoms with van der Waals surface area (Å²) in [6.45, 7) is 3.96. The van der Waals surface area contributed by atoms with Gasteiger partial charge in [0, 0.05) is 5.56 Å². The van der Waals surface area contributed by atoms with E-state index in [1.807, 2.05) is 32.1 Å². The third kappa shape index (κ3) is 3.49. The molecule has 3 nitrogen and oxygen atoms in total. The zero-order valence-electron chi connectivity index (χ0n) is 11.7. The Morgan fingerprint density at radius 2 is 2.05 bits per heavy atom. The van der Waals surface area contributed by atoms with Gasteiger partial charge in [0.15, 0.2) is 5.15 Å². The van der Waals surface area contributed by atoms with E-state index in [4.69, 9.17) is 23.2 Å². The number of carbonyl (C=O) groups is 1. The van der Waals surface area contributed by atoms with Crippen molar-refractivity contribution in [1.82, 2.24) is 9.97 Å². The van der Waals surface area contributed by atoms with Crippen LogP contribution in [0, 0.1) is 0 Å². The fourth-order valence-corrected chi connectivity index (χ4v) is 2.34. The highest BCUT2D eigenvalue weighted by molar-refractivity contribution is 6.67. The van der Waals surface area contributed by atoms with Crippen LogP contribution in [-0.2, 0) is 0 Å². The van der Waals surface area contributed by atoms with Crippen molar-refractivity contribution in [1.29, 1.82) is 0 Å². The van der Waals surface area contributed by atoms with Crippen LogP contribution in [0.25, 0.3) is 16.6 Å². The van der Waals surface area contributed by atoms with Gasteiger partial charge < -0.3 is 0 Å². The first-order valence-corrected chi connectivity index (χ1v) is 7.32. The zero-order valence-corrected chi connectivity index (χ0v) is 13.2. The van der Waals surface area contributed by atoms with Gasteiger partial charge in [-0.2, -0.15) is 0 Å². The molecule has 0 aliphatic heterocycles. The summed E-state index contributed by atoms with van der Waals surface area (Å²) >= 11 is 11.7. The second kappa shape index (κ2) is 6.83. The number of carbonyl (C=O) groups excluding carboxylic acids is 1. The Labute approximate surface area is 133 Å². The molecule has 0 aliphatic carbocycles. The van der Waals surface area contributed by atoms with Crippen molar-refractivity contribution >= 4 is 45.1 Å². The minimum atomic E-state index is -0.520. The first-order chi connectivity index (χ1) is 10.1. The van der Waals surface area contributed by atoms with Crippen LogP contribution in [0.2, 0.25) is 5.15 Å². The van der Waals surface area contributed by atoms with Gasteiger partial charge in [0.05, 0.1) is 11.0 Å². The minimum Gasteiger partial charge on any atom is -0.276 e. The number of nitrogens with zero attached hydrogens (tertiary/aromatic N) is 2. The van der Waals surface area contributed by atoms with Crippen molar-refractivity contribution in [2.75, 3.05) is 0 Å². The fourth-order valence-electron chi connectivity index (χ4n) is 1.98. The van der Waals surface area contributed by atoms with Crippen LogP contribution < -0.4 is 0 Å². The Bertz CT molecular complexity index is 751. The molecule has 0 radical (unpaired) electrons. The van der Waals surface area contributed by atoms with Gasteiger partial charge in [0.2, 0.25) is 0 Å². The number of allylic oxidation sites excluding steroid dienone is 4. The largest absolute Gasteiger partial charge is 0.276 e. The zero-order chi connectivity index (χ0) is 15.4. The molecule has 0 unspecified atom stereocenters. The molecule has 0 N–H and O–H groups in total. The molecule has 0 amide bonds. The maximum Gasteiger partial charge on any atom is 0.252 e. The molecule has 0 atom stereocenters. The number of hydrogen-bond acceptors (Lipinski definition) is 3. The van der Waals surface area contributed by atoms with Crippen molar-refractivity contribution in [3.63, 3.8) is 0 Å². The highest BCUT2D eigenvalue weighted by Crippen LogP contribution is 2.25. The van der Waals surface area contributed by atoms with Gasteiger partial charge in [0.25, 0.3) is 5.24 Å². The van der Waals surface area contributed by atoms with E-state index < -0.39 is 5.24 Å². The molecule has 0 bridgehead atoms. The van der Waals surface area contributed by atoms with Crippen molar-refractivity contribution in [2.45, 2.75) is 20.3 Å². The van der Waals surface area contributed by atoms with E-state index in [1.165, 1.54) is 0 Å². The smallest absolute Gasteiger partial charge is 0.252 e.